The first-order chi connectivity index (χ1) is 23.6. The Morgan fingerprint density at radius 2 is 1.80 bits per heavy atom. The zero-order chi connectivity index (χ0) is 34.2. The molecule has 2 aromatic carbocycles. The molecule has 5 atom stereocenters. The summed E-state index contributed by atoms with van der Waals surface area (Å²) in [5, 5.41) is 0.393. The molecule has 2 amide bonds. The Hall–Kier alpha value is -3.41. The molecule has 4 fully saturated rings. The highest BCUT2D eigenvalue weighted by molar-refractivity contribution is 7.90. The van der Waals surface area contributed by atoms with Gasteiger partial charge in [-0.1, -0.05) is 32.3 Å². The van der Waals surface area contributed by atoms with Crippen molar-refractivity contribution in [2.75, 3.05) is 40.5 Å². The number of benzene rings is 2. The number of ether oxygens (including phenoxy) is 2. The van der Waals surface area contributed by atoms with Crippen LogP contribution in [0.2, 0.25) is 0 Å². The van der Waals surface area contributed by atoms with E-state index in [9.17, 15) is 13.2 Å². The number of carbonyl (C=O) groups excluding carboxylic acids is 2. The lowest BCUT2D eigenvalue weighted by Crippen LogP contribution is -2.66. The summed E-state index contributed by atoms with van der Waals surface area (Å²) in [6, 6.07) is 12.0. The number of methoxy groups -OCH3 is 1. The minimum Gasteiger partial charge on any atom is -0.497 e. The molecule has 2 saturated heterocycles. The SMILES string of the molecule is CCC(C)S(=O)(=O)NC(=O)c1ccc2c(C3CCCCC3)c3n(c2c1)CC1(C(=O)N2C4COCC2CN(C)C4)CC1c1cc(OC)ccc1-3. The number of hydrogen-bond donors (Lipinski definition) is 1. The van der Waals surface area contributed by atoms with Gasteiger partial charge in [-0.05, 0) is 87.0 Å². The number of fused-ring (bicyclic) bond motifs is 9. The quantitative estimate of drug-likeness (QED) is 0.361. The maximum atomic E-state index is 15.1. The van der Waals surface area contributed by atoms with Gasteiger partial charge in [-0.2, -0.15) is 0 Å². The van der Waals surface area contributed by atoms with Gasteiger partial charge in [0.25, 0.3) is 5.91 Å². The average Bonchev–Trinajstić information content (AvgIpc) is 3.77. The topological polar surface area (TPSA) is 110 Å². The molecule has 2 aliphatic carbocycles. The molecule has 1 N–H and O–H groups in total. The molecule has 2 saturated carbocycles. The lowest BCUT2D eigenvalue weighted by molar-refractivity contribution is -0.160. The second-order valence-electron chi connectivity index (χ2n) is 15.3. The average molecular weight is 689 g/mol. The molecule has 3 aromatic rings. The van der Waals surface area contributed by atoms with E-state index in [0.717, 1.165) is 65.8 Å². The summed E-state index contributed by atoms with van der Waals surface area (Å²) in [5.74, 6) is 0.731. The molecular weight excluding hydrogens is 641 g/mol. The van der Waals surface area contributed by atoms with Crippen molar-refractivity contribution in [3.8, 4) is 17.0 Å². The van der Waals surface area contributed by atoms with E-state index in [0.29, 0.717) is 37.7 Å². The van der Waals surface area contributed by atoms with Crippen molar-refractivity contribution in [1.82, 2.24) is 19.1 Å². The zero-order valence-corrected chi connectivity index (χ0v) is 29.9. The van der Waals surface area contributed by atoms with E-state index < -0.39 is 26.6 Å². The first-order valence-electron chi connectivity index (χ1n) is 18.1. The maximum absolute atomic E-state index is 15.1. The van der Waals surface area contributed by atoms with Crippen LogP contribution in [0.5, 0.6) is 5.75 Å². The molecule has 49 heavy (non-hydrogen) atoms. The van der Waals surface area contributed by atoms with Gasteiger partial charge in [-0.25, -0.2) is 13.1 Å². The van der Waals surface area contributed by atoms with Crippen LogP contribution in [0.15, 0.2) is 36.4 Å². The molecule has 5 aliphatic rings. The molecule has 1 aromatic heterocycles. The molecule has 11 heteroatoms. The van der Waals surface area contributed by atoms with Gasteiger partial charge >= 0.3 is 0 Å². The maximum Gasteiger partial charge on any atom is 0.264 e. The number of likely N-dealkylation sites (N-methyl/N-ethyl adjacent to an activating group) is 1. The fourth-order valence-electron chi connectivity index (χ4n) is 9.39. The molecule has 3 aliphatic heterocycles. The summed E-state index contributed by atoms with van der Waals surface area (Å²) >= 11 is 0. The molecule has 0 radical (unpaired) electrons. The molecule has 0 spiro atoms. The van der Waals surface area contributed by atoms with Crippen molar-refractivity contribution >= 4 is 32.7 Å². The van der Waals surface area contributed by atoms with Gasteiger partial charge in [-0.15, -0.1) is 0 Å². The largest absolute Gasteiger partial charge is 0.497 e. The number of hydrogen-bond acceptors (Lipinski definition) is 7. The number of amides is 2. The first kappa shape index (κ1) is 32.8. The van der Waals surface area contributed by atoms with Gasteiger partial charge in [-0.3, -0.25) is 9.59 Å². The smallest absolute Gasteiger partial charge is 0.264 e. The van der Waals surface area contributed by atoms with E-state index in [2.05, 4.69) is 38.3 Å². The lowest BCUT2D eigenvalue weighted by Gasteiger charge is -2.50. The summed E-state index contributed by atoms with van der Waals surface area (Å²) < 4.78 is 42.2. The third-order valence-corrected chi connectivity index (χ3v) is 14.1. The van der Waals surface area contributed by atoms with Crippen molar-refractivity contribution in [1.29, 1.82) is 0 Å². The van der Waals surface area contributed by atoms with Gasteiger partial charge < -0.3 is 23.8 Å². The third kappa shape index (κ3) is 5.30. The van der Waals surface area contributed by atoms with E-state index in [1.165, 1.54) is 24.8 Å². The lowest BCUT2D eigenvalue weighted by atomic mass is 9.81. The number of morpholine rings is 1. The monoisotopic (exact) mass is 688 g/mol. The van der Waals surface area contributed by atoms with Gasteiger partial charge in [0.2, 0.25) is 15.9 Å². The van der Waals surface area contributed by atoms with Crippen molar-refractivity contribution in [3.63, 3.8) is 0 Å². The third-order valence-electron chi connectivity index (χ3n) is 12.2. The molecule has 4 heterocycles. The number of aromatic nitrogens is 1. The molecule has 2 bridgehead atoms. The highest BCUT2D eigenvalue weighted by atomic mass is 32.2. The number of piperazine rings is 1. The van der Waals surface area contributed by atoms with E-state index >= 15 is 4.79 Å². The second-order valence-corrected chi connectivity index (χ2v) is 17.4. The van der Waals surface area contributed by atoms with Crippen LogP contribution >= 0.6 is 0 Å². The van der Waals surface area contributed by atoms with Gasteiger partial charge in [0.15, 0.2) is 0 Å². The summed E-state index contributed by atoms with van der Waals surface area (Å²) in [6.45, 7) is 6.55. The molecule has 8 rings (SSSR count). The zero-order valence-electron chi connectivity index (χ0n) is 29.0. The molecule has 5 unspecified atom stereocenters. The standard InChI is InChI=1S/C38H48N4O6S/c1-5-23(2)49(45,46)39-36(43)25-11-13-30-33(15-25)41-22-38(37(44)42-26-18-40(3)19-27(42)21-48-20-26)17-32(38)31-16-28(47-4)12-14-29(31)35(41)34(30)24-9-7-6-8-10-24/h11-16,23-24,26-27,32H,5-10,17-22H2,1-4H3,(H,39,43). The number of nitrogens with zero attached hydrogens (tertiary/aromatic N) is 3. The fourth-order valence-corrected chi connectivity index (χ4v) is 10.4. The van der Waals surface area contributed by atoms with Crippen LogP contribution in [-0.4, -0.2) is 92.4 Å². The van der Waals surface area contributed by atoms with E-state index in [4.69, 9.17) is 9.47 Å². The van der Waals surface area contributed by atoms with Crippen LogP contribution in [0, 0.1) is 5.41 Å². The summed E-state index contributed by atoms with van der Waals surface area (Å²) in [7, 11) is -0.0162. The Morgan fingerprint density at radius 3 is 2.49 bits per heavy atom. The van der Waals surface area contributed by atoms with E-state index in [1.54, 1.807) is 27.0 Å². The van der Waals surface area contributed by atoms with Crippen LogP contribution < -0.4 is 9.46 Å². The number of carbonyl (C=O) groups is 2. The van der Waals surface area contributed by atoms with Crippen LogP contribution in [0.4, 0.5) is 0 Å². The minimum absolute atomic E-state index is 0.00935. The minimum atomic E-state index is -3.82. The van der Waals surface area contributed by atoms with Crippen LogP contribution in [0.25, 0.3) is 22.2 Å². The Kier molecular flexibility index (Phi) is 8.11. The number of rotatable bonds is 7. The summed E-state index contributed by atoms with van der Waals surface area (Å²) in [4.78, 5) is 33.1. The number of nitrogens with one attached hydrogen (secondary N) is 1. The van der Waals surface area contributed by atoms with Crippen LogP contribution in [-0.2, 0) is 26.1 Å². The van der Waals surface area contributed by atoms with Gasteiger partial charge in [0, 0.05) is 47.6 Å². The number of sulfonamides is 1. The Labute approximate surface area is 289 Å². The highest BCUT2D eigenvalue weighted by Crippen LogP contribution is 2.66. The van der Waals surface area contributed by atoms with E-state index in [1.807, 2.05) is 18.2 Å². The molecular formula is C38H48N4O6S. The van der Waals surface area contributed by atoms with Crippen LogP contribution in [0.3, 0.4) is 0 Å². The van der Waals surface area contributed by atoms with Gasteiger partial charge in [0.05, 0.1) is 48.8 Å². The second kappa shape index (κ2) is 12.1. The predicted octanol–water partition coefficient (Wildman–Crippen LogP) is 5.25. The molecule has 10 nitrogen and oxygen atoms in total. The summed E-state index contributed by atoms with van der Waals surface area (Å²) in [6.07, 6.45) is 6.88. The van der Waals surface area contributed by atoms with Crippen molar-refractivity contribution in [2.24, 2.45) is 5.41 Å². The fraction of sp³-hybridized carbons (Fsp3) is 0.579. The van der Waals surface area contributed by atoms with Crippen molar-refractivity contribution < 1.29 is 27.5 Å². The van der Waals surface area contributed by atoms with Crippen molar-refractivity contribution in [3.05, 3.63) is 53.1 Å². The Morgan fingerprint density at radius 1 is 1.06 bits per heavy atom. The first-order valence-corrected chi connectivity index (χ1v) is 19.6. The Bertz CT molecular complexity index is 1920. The van der Waals surface area contributed by atoms with E-state index in [-0.39, 0.29) is 23.9 Å². The molecule has 262 valence electrons. The van der Waals surface area contributed by atoms with Crippen molar-refractivity contribution in [2.45, 2.75) is 94.5 Å². The van der Waals surface area contributed by atoms with Crippen LogP contribution in [0.1, 0.15) is 92.1 Å². The normalized spacial score (nSPS) is 27.4. The summed E-state index contributed by atoms with van der Waals surface area (Å²) in [5.41, 5.74) is 5.23. The Balaban J connectivity index is 1.31. The van der Waals surface area contributed by atoms with Gasteiger partial charge in [0.1, 0.15) is 5.75 Å². The highest BCUT2D eigenvalue weighted by Gasteiger charge is 2.65. The predicted molar refractivity (Wildman–Crippen MR) is 188 cm³/mol.